The van der Waals surface area contributed by atoms with Gasteiger partial charge in [-0.25, -0.2) is 22.3 Å². The second-order valence-electron chi connectivity index (χ2n) is 8.85. The van der Waals surface area contributed by atoms with Crippen LogP contribution >= 0.6 is 0 Å². The second-order valence-corrected chi connectivity index (χ2v) is 11.2. The fourth-order valence-corrected chi connectivity index (χ4v) is 4.97. The molecule has 2 aromatic rings. The van der Waals surface area contributed by atoms with Gasteiger partial charge in [0, 0.05) is 50.5 Å². The van der Waals surface area contributed by atoms with Crippen molar-refractivity contribution in [2.75, 3.05) is 18.6 Å². The Labute approximate surface area is 193 Å². The number of alkyl halides is 5. The maximum Gasteiger partial charge on any atom is 0.420 e. The van der Waals surface area contributed by atoms with Crippen LogP contribution in [0.15, 0.2) is 27.7 Å². The largest absolute Gasteiger partial charge is 0.420 e. The molecule has 2 aliphatic carbocycles. The van der Waals surface area contributed by atoms with Crippen LogP contribution in [0.4, 0.5) is 27.6 Å². The molecule has 0 spiro atoms. The molecule has 4 rings (SSSR count). The summed E-state index contributed by atoms with van der Waals surface area (Å²) in [4.78, 5) is 17.1. The van der Waals surface area contributed by atoms with E-state index in [2.05, 4.69) is 19.8 Å². The van der Waals surface area contributed by atoms with Crippen molar-refractivity contribution in [3.63, 3.8) is 0 Å². The van der Waals surface area contributed by atoms with Crippen LogP contribution < -0.4 is 5.32 Å². The summed E-state index contributed by atoms with van der Waals surface area (Å²) in [6.07, 6.45) is -1.90. The van der Waals surface area contributed by atoms with E-state index in [1.807, 2.05) is 0 Å². The molecule has 0 unspecified atom stereocenters. The van der Waals surface area contributed by atoms with E-state index in [1.54, 1.807) is 0 Å². The third-order valence-corrected chi connectivity index (χ3v) is 7.80. The number of anilines is 1. The van der Waals surface area contributed by atoms with E-state index in [4.69, 9.17) is 0 Å². The molecular formula is C21H24F5N5O2S. The lowest BCUT2D eigenvalue weighted by atomic mass is 10.1. The van der Waals surface area contributed by atoms with E-state index in [0.29, 0.717) is 12.8 Å². The normalized spacial score (nSPS) is 21.8. The molecule has 0 saturated heterocycles. The Morgan fingerprint density at radius 3 is 2.59 bits per heavy atom. The highest BCUT2D eigenvalue weighted by atomic mass is 32.2. The fourth-order valence-electron chi connectivity index (χ4n) is 4.19. The first-order valence-electron chi connectivity index (χ1n) is 10.7. The van der Waals surface area contributed by atoms with Crippen molar-refractivity contribution in [2.45, 2.75) is 61.7 Å². The molecule has 0 radical (unpaired) electrons. The zero-order valence-corrected chi connectivity index (χ0v) is 19.3. The van der Waals surface area contributed by atoms with Gasteiger partial charge in [-0.2, -0.15) is 18.3 Å². The lowest BCUT2D eigenvalue weighted by molar-refractivity contribution is -0.138. The highest BCUT2D eigenvalue weighted by Crippen LogP contribution is 2.47. The van der Waals surface area contributed by atoms with Crippen molar-refractivity contribution in [2.24, 2.45) is 10.3 Å². The summed E-state index contributed by atoms with van der Waals surface area (Å²) in [6, 6.07) is 2.63. The Kier molecular flexibility index (Phi) is 6.19. The van der Waals surface area contributed by atoms with Crippen molar-refractivity contribution in [3.8, 4) is 0 Å². The molecule has 0 aliphatic heterocycles. The van der Waals surface area contributed by atoms with E-state index in [-0.39, 0.29) is 35.8 Å². The van der Waals surface area contributed by atoms with Gasteiger partial charge in [-0.1, -0.05) is 0 Å². The first kappa shape index (κ1) is 24.6. The van der Waals surface area contributed by atoms with Crippen molar-refractivity contribution in [1.82, 2.24) is 14.8 Å². The Hall–Kier alpha value is -2.57. The molecule has 2 saturated carbocycles. The summed E-state index contributed by atoms with van der Waals surface area (Å²) in [5.41, 5.74) is -1.98. The Bertz CT molecular complexity index is 1230. The van der Waals surface area contributed by atoms with Crippen molar-refractivity contribution in [3.05, 3.63) is 35.3 Å². The van der Waals surface area contributed by atoms with Crippen molar-refractivity contribution in [1.29, 1.82) is 0 Å². The van der Waals surface area contributed by atoms with Crippen LogP contribution in [-0.4, -0.2) is 44.1 Å². The lowest BCUT2D eigenvalue weighted by Crippen LogP contribution is -2.24. The first-order chi connectivity index (χ1) is 15.8. The Balaban J connectivity index is 1.73. The first-order valence-corrected chi connectivity index (χ1v) is 12.7. The molecule has 13 heteroatoms. The molecule has 2 heterocycles. The molecule has 1 N–H and O–H groups in total. The molecule has 2 aromatic heterocycles. The zero-order valence-electron chi connectivity index (χ0n) is 18.5. The molecular weight excluding hydrogens is 481 g/mol. The van der Waals surface area contributed by atoms with Gasteiger partial charge in [0.05, 0.1) is 15.4 Å². The molecule has 186 valence electrons. The smallest absolute Gasteiger partial charge is 0.320 e. The number of carbonyl (C=O) groups is 1. The van der Waals surface area contributed by atoms with E-state index >= 15 is 0 Å². The number of nitrogens with one attached hydrogen (secondary N) is 1. The highest BCUT2D eigenvalue weighted by Gasteiger charge is 2.47. The molecule has 2 atom stereocenters. The predicted molar refractivity (Wildman–Crippen MR) is 114 cm³/mol. The molecule has 2 aliphatic rings. The number of carbonyl (C=O) groups excluding carboxylic acids is 1. The maximum atomic E-state index is 14.1. The van der Waals surface area contributed by atoms with Crippen LogP contribution in [0.1, 0.15) is 59.8 Å². The number of aromatic nitrogens is 3. The van der Waals surface area contributed by atoms with Crippen molar-refractivity contribution >= 4 is 21.3 Å². The average molecular weight is 506 g/mol. The summed E-state index contributed by atoms with van der Waals surface area (Å²) >= 11 is 0. The minimum Gasteiger partial charge on any atom is -0.320 e. The van der Waals surface area contributed by atoms with Crippen LogP contribution in [0.25, 0.3) is 0 Å². The van der Waals surface area contributed by atoms with Crippen LogP contribution in [0, 0.1) is 5.92 Å². The van der Waals surface area contributed by atoms with E-state index < -0.39 is 57.2 Å². The number of nitrogens with zero attached hydrogens (tertiary/aromatic N) is 4. The van der Waals surface area contributed by atoms with Crippen LogP contribution in [0.3, 0.4) is 0 Å². The van der Waals surface area contributed by atoms with E-state index in [0.717, 1.165) is 4.68 Å². The topological polar surface area (TPSA) is 89.2 Å². The third kappa shape index (κ3) is 5.08. The fraction of sp³-hybridized carbons (Fsp3) is 0.571. The summed E-state index contributed by atoms with van der Waals surface area (Å²) in [5, 5.41) is 6.57. The summed E-state index contributed by atoms with van der Waals surface area (Å²) in [7, 11) is -1.50. The monoisotopic (exact) mass is 505 g/mol. The molecule has 1 amide bonds. The Morgan fingerprint density at radius 2 is 2.03 bits per heavy atom. The highest BCUT2D eigenvalue weighted by molar-refractivity contribution is 7.92. The minimum absolute atomic E-state index is 0.0595. The van der Waals surface area contributed by atoms with Crippen LogP contribution in [0.2, 0.25) is 0 Å². The van der Waals surface area contributed by atoms with Gasteiger partial charge in [0.2, 0.25) is 5.92 Å². The molecule has 0 bridgehead atoms. The lowest BCUT2D eigenvalue weighted by Gasteiger charge is -2.15. The molecule has 34 heavy (non-hydrogen) atoms. The van der Waals surface area contributed by atoms with E-state index in [1.165, 1.54) is 31.6 Å². The van der Waals surface area contributed by atoms with Gasteiger partial charge in [0.15, 0.2) is 0 Å². The number of rotatable bonds is 6. The number of hydrogen-bond acceptors (Lipinski definition) is 5. The molecule has 7 nitrogen and oxygen atoms in total. The summed E-state index contributed by atoms with van der Waals surface area (Å²) in [6.45, 7) is -0.215. The number of hydrogen-bond donors (Lipinski definition) is 1. The van der Waals surface area contributed by atoms with Gasteiger partial charge in [0.25, 0.3) is 5.91 Å². The summed E-state index contributed by atoms with van der Waals surface area (Å²) in [5.74, 6) is -4.97. The molecule has 0 aromatic carbocycles. The van der Waals surface area contributed by atoms with Crippen LogP contribution in [-0.2, 0) is 22.5 Å². The van der Waals surface area contributed by atoms with Crippen molar-refractivity contribution < 1.29 is 31.0 Å². The standard InChI is InChI=1S/C21H24F5N5O2S/c1-27-34(2,33)15-9-14(6-8-28-15)29-19(32)18-16(21(24,25)26)17(13-3-4-13)30-31(18)11-12-5-7-20(22,23)10-12/h6,8-9,12-13H,3-5,7,10-11H2,1-2H3,(H,28,29,32)/t12-,34-/m1/s1. The zero-order chi connectivity index (χ0) is 24.9. The van der Waals surface area contributed by atoms with Gasteiger partial charge in [-0.05, 0) is 37.3 Å². The average Bonchev–Trinajstić information content (AvgIpc) is 3.43. The van der Waals surface area contributed by atoms with Gasteiger partial charge in [-0.15, -0.1) is 0 Å². The SMILES string of the molecule is CN=[S@](C)(=O)c1cc(NC(=O)c2c(C(F)(F)F)c(C3CC3)nn2C[C@@H]2CCC(F)(F)C2)ccn1. The van der Waals surface area contributed by atoms with Gasteiger partial charge in [-0.3, -0.25) is 9.48 Å². The van der Waals surface area contributed by atoms with E-state index in [9.17, 15) is 31.0 Å². The second kappa shape index (κ2) is 8.58. The molecule has 2 fully saturated rings. The van der Waals surface area contributed by atoms with Gasteiger partial charge < -0.3 is 5.32 Å². The Morgan fingerprint density at radius 1 is 1.32 bits per heavy atom. The minimum atomic E-state index is -4.86. The van der Waals surface area contributed by atoms with Crippen LogP contribution in [0.5, 0.6) is 0 Å². The predicted octanol–water partition coefficient (Wildman–Crippen LogP) is 4.95. The number of amides is 1. The summed E-state index contributed by atoms with van der Waals surface area (Å²) < 4.78 is 86.8. The number of halogens is 5. The maximum absolute atomic E-state index is 14.1. The van der Waals surface area contributed by atoms with Gasteiger partial charge >= 0.3 is 6.18 Å². The van der Waals surface area contributed by atoms with Gasteiger partial charge in [0.1, 0.15) is 16.3 Å². The number of pyridine rings is 1. The third-order valence-electron chi connectivity index (χ3n) is 6.11. The quantitative estimate of drug-likeness (QED) is 0.563.